The van der Waals surface area contributed by atoms with E-state index >= 15 is 0 Å². The number of ether oxygens (including phenoxy) is 2. The molecule has 1 saturated heterocycles. The lowest BCUT2D eigenvalue weighted by Crippen LogP contribution is -2.23. The molecule has 1 aromatic carbocycles. The molecule has 2 aromatic heterocycles. The zero-order chi connectivity index (χ0) is 19.7. The van der Waals surface area contributed by atoms with Gasteiger partial charge in [-0.05, 0) is 29.8 Å². The van der Waals surface area contributed by atoms with Gasteiger partial charge in [0, 0.05) is 23.5 Å². The van der Waals surface area contributed by atoms with Crippen molar-refractivity contribution in [2.45, 2.75) is 12.6 Å². The lowest BCUT2D eigenvalue weighted by molar-refractivity contribution is 0.104. The third kappa shape index (κ3) is 3.93. The van der Waals surface area contributed by atoms with Crippen LogP contribution in [0.15, 0.2) is 34.9 Å². The Kier molecular flexibility index (Phi) is 5.15. The third-order valence-corrected chi connectivity index (χ3v) is 4.58. The highest BCUT2D eigenvalue weighted by atomic mass is 35.5. The molecule has 146 valence electrons. The minimum absolute atomic E-state index is 0.0636. The molecule has 1 fully saturated rings. The molecule has 10 heteroatoms. The zero-order valence-corrected chi connectivity index (χ0v) is 16.3. The Labute approximate surface area is 170 Å². The van der Waals surface area contributed by atoms with Gasteiger partial charge in [-0.3, -0.25) is 0 Å². The number of nitrogens with zero attached hydrogens (tertiary/aromatic N) is 3. The van der Waals surface area contributed by atoms with Crippen LogP contribution in [0.5, 0.6) is 5.75 Å². The number of benzene rings is 1. The Balaban J connectivity index is 1.60. The average molecular weight is 423 g/mol. The van der Waals surface area contributed by atoms with Gasteiger partial charge in [-0.25, -0.2) is 14.8 Å². The van der Waals surface area contributed by atoms with Crippen molar-refractivity contribution in [3.8, 4) is 5.75 Å². The fourth-order valence-electron chi connectivity index (χ4n) is 2.89. The second kappa shape index (κ2) is 7.73. The number of likely N-dealkylation sites (N-methyl/N-ethyl adjacent to an activating group) is 1. The van der Waals surface area contributed by atoms with E-state index in [2.05, 4.69) is 15.3 Å². The van der Waals surface area contributed by atoms with Crippen molar-refractivity contribution in [1.29, 1.82) is 0 Å². The number of anilines is 1. The van der Waals surface area contributed by atoms with Gasteiger partial charge in [0.1, 0.15) is 29.5 Å². The van der Waals surface area contributed by atoms with Crippen LogP contribution in [-0.2, 0) is 11.3 Å². The highest BCUT2D eigenvalue weighted by Crippen LogP contribution is 2.33. The molecule has 1 unspecified atom stereocenters. The average Bonchev–Trinajstić information content (AvgIpc) is 3.28. The molecule has 1 aliphatic rings. The molecule has 0 radical (unpaired) electrons. The van der Waals surface area contributed by atoms with Crippen molar-refractivity contribution in [3.05, 3.63) is 46.6 Å². The van der Waals surface area contributed by atoms with Crippen LogP contribution in [0.1, 0.15) is 5.76 Å². The molecular formula is C18H16Cl2N4O4. The van der Waals surface area contributed by atoms with Crippen LogP contribution >= 0.6 is 23.2 Å². The molecule has 1 atom stereocenters. The monoisotopic (exact) mass is 422 g/mol. The second-order valence-electron chi connectivity index (χ2n) is 6.27. The third-order valence-electron chi connectivity index (χ3n) is 4.19. The number of fused-ring (bicyclic) bond motifs is 1. The van der Waals surface area contributed by atoms with Gasteiger partial charge in [0.05, 0.1) is 19.4 Å². The molecule has 28 heavy (non-hydrogen) atoms. The first-order valence-electron chi connectivity index (χ1n) is 8.47. The summed E-state index contributed by atoms with van der Waals surface area (Å²) in [5.74, 6) is 1.68. The quantitative estimate of drug-likeness (QED) is 0.600. The van der Waals surface area contributed by atoms with E-state index in [-0.39, 0.29) is 24.1 Å². The number of hydrogen-bond acceptors (Lipinski definition) is 7. The van der Waals surface area contributed by atoms with Crippen LogP contribution in [0.2, 0.25) is 10.3 Å². The lowest BCUT2D eigenvalue weighted by atomic mass is 10.2. The first-order valence-corrected chi connectivity index (χ1v) is 9.23. The highest BCUT2D eigenvalue weighted by molar-refractivity contribution is 6.32. The summed E-state index contributed by atoms with van der Waals surface area (Å²) in [6, 6.07) is 7.02. The number of carbonyl (C=O) groups is 1. The van der Waals surface area contributed by atoms with E-state index in [0.29, 0.717) is 40.6 Å². The standard InChI is InChI=1S/C18H16Cl2N4O4/c1-24-8-12(28-18(24)25)9-27-14-6-10(19)5-13-15(14)22-17(20)23-16(13)21-7-11-3-2-4-26-11/h2-6,12H,7-9H2,1H3,(H,21,22,23). The van der Waals surface area contributed by atoms with E-state index in [1.807, 2.05) is 6.07 Å². The van der Waals surface area contributed by atoms with E-state index in [1.54, 1.807) is 31.5 Å². The van der Waals surface area contributed by atoms with Gasteiger partial charge < -0.3 is 24.1 Å². The molecule has 3 aromatic rings. The van der Waals surface area contributed by atoms with Gasteiger partial charge in [-0.1, -0.05) is 11.6 Å². The first-order chi connectivity index (χ1) is 13.5. The Bertz CT molecular complexity index is 1010. The maximum absolute atomic E-state index is 11.5. The molecule has 8 nitrogen and oxygen atoms in total. The first kappa shape index (κ1) is 18.6. The van der Waals surface area contributed by atoms with Crippen molar-refractivity contribution in [2.24, 2.45) is 0 Å². The number of carbonyl (C=O) groups excluding carboxylic acids is 1. The summed E-state index contributed by atoms with van der Waals surface area (Å²) in [5.41, 5.74) is 0.504. The van der Waals surface area contributed by atoms with Crippen molar-refractivity contribution in [2.75, 3.05) is 25.5 Å². The van der Waals surface area contributed by atoms with Gasteiger partial charge in [-0.2, -0.15) is 0 Å². The molecule has 0 spiro atoms. The molecule has 3 heterocycles. The number of rotatable bonds is 6. The van der Waals surface area contributed by atoms with Crippen molar-refractivity contribution in [1.82, 2.24) is 14.9 Å². The lowest BCUT2D eigenvalue weighted by Gasteiger charge is -2.14. The van der Waals surface area contributed by atoms with Gasteiger partial charge in [0.25, 0.3) is 0 Å². The largest absolute Gasteiger partial charge is 0.487 e. The summed E-state index contributed by atoms with van der Waals surface area (Å²) < 4.78 is 16.4. The number of hydrogen-bond donors (Lipinski definition) is 1. The number of aromatic nitrogens is 2. The second-order valence-corrected chi connectivity index (χ2v) is 7.05. The van der Waals surface area contributed by atoms with Gasteiger partial charge in [0.2, 0.25) is 5.28 Å². The van der Waals surface area contributed by atoms with Crippen LogP contribution in [0.25, 0.3) is 10.9 Å². The van der Waals surface area contributed by atoms with Crippen LogP contribution in [-0.4, -0.2) is 47.3 Å². The van der Waals surface area contributed by atoms with Gasteiger partial charge in [0.15, 0.2) is 6.10 Å². The Morgan fingerprint density at radius 1 is 1.36 bits per heavy atom. The predicted molar refractivity (Wildman–Crippen MR) is 104 cm³/mol. The number of furan rings is 1. The van der Waals surface area contributed by atoms with Gasteiger partial charge >= 0.3 is 6.09 Å². The van der Waals surface area contributed by atoms with E-state index in [4.69, 9.17) is 37.1 Å². The summed E-state index contributed by atoms with van der Waals surface area (Å²) in [5, 5.41) is 4.34. The maximum Gasteiger partial charge on any atom is 0.410 e. The molecule has 0 bridgehead atoms. The highest BCUT2D eigenvalue weighted by Gasteiger charge is 2.29. The van der Waals surface area contributed by atoms with Crippen molar-refractivity contribution >= 4 is 46.0 Å². The van der Waals surface area contributed by atoms with E-state index in [0.717, 1.165) is 5.76 Å². The fraction of sp³-hybridized carbons (Fsp3) is 0.278. The number of cyclic esters (lactones) is 1. The smallest absolute Gasteiger partial charge is 0.410 e. The summed E-state index contributed by atoms with van der Waals surface area (Å²) >= 11 is 12.4. The van der Waals surface area contributed by atoms with Crippen LogP contribution in [0.4, 0.5) is 10.6 Å². The minimum atomic E-state index is -0.376. The van der Waals surface area contributed by atoms with E-state index in [9.17, 15) is 4.79 Å². The molecule has 4 rings (SSSR count). The van der Waals surface area contributed by atoms with Crippen LogP contribution < -0.4 is 10.1 Å². The van der Waals surface area contributed by atoms with Crippen LogP contribution in [0, 0.1) is 0 Å². The Morgan fingerprint density at radius 2 is 2.21 bits per heavy atom. The summed E-state index contributed by atoms with van der Waals surface area (Å²) in [6.07, 6.45) is 0.845. The van der Waals surface area contributed by atoms with Crippen molar-refractivity contribution in [3.63, 3.8) is 0 Å². The Morgan fingerprint density at radius 3 is 2.93 bits per heavy atom. The number of amides is 1. The Hall–Kier alpha value is -2.71. The van der Waals surface area contributed by atoms with E-state index in [1.165, 1.54) is 4.90 Å². The molecule has 1 aliphatic heterocycles. The summed E-state index contributed by atoms with van der Waals surface area (Å²) in [6.45, 7) is 1.04. The predicted octanol–water partition coefficient (Wildman–Crippen LogP) is 3.97. The van der Waals surface area contributed by atoms with Crippen molar-refractivity contribution < 1.29 is 18.7 Å². The molecule has 0 aliphatic carbocycles. The van der Waals surface area contributed by atoms with Crippen LogP contribution in [0.3, 0.4) is 0 Å². The van der Waals surface area contributed by atoms with E-state index < -0.39 is 0 Å². The summed E-state index contributed by atoms with van der Waals surface area (Å²) in [7, 11) is 1.67. The molecule has 0 saturated carbocycles. The summed E-state index contributed by atoms with van der Waals surface area (Å²) in [4.78, 5) is 21.5. The number of halogens is 2. The topological polar surface area (TPSA) is 89.7 Å². The molecule has 1 amide bonds. The normalized spacial score (nSPS) is 16.5. The fourth-order valence-corrected chi connectivity index (χ4v) is 3.27. The maximum atomic E-state index is 11.5. The molecular weight excluding hydrogens is 407 g/mol. The molecule has 1 N–H and O–H groups in total. The van der Waals surface area contributed by atoms with Gasteiger partial charge in [-0.15, -0.1) is 0 Å². The SMILES string of the molecule is CN1CC(COc2cc(Cl)cc3c(NCc4ccco4)nc(Cl)nc23)OC1=O. The minimum Gasteiger partial charge on any atom is -0.487 e. The number of nitrogens with one attached hydrogen (secondary N) is 1. The zero-order valence-electron chi connectivity index (χ0n) is 14.8.